The highest BCUT2D eigenvalue weighted by Crippen LogP contribution is 2.57. The zero-order valence-corrected chi connectivity index (χ0v) is 17.1. The fourth-order valence-corrected chi connectivity index (χ4v) is 8.16. The molecule has 4 aliphatic rings. The molecule has 138 valence electrons. The van der Waals surface area contributed by atoms with Gasteiger partial charge in [-0.2, -0.15) is 0 Å². The molecule has 1 N–H and O–H groups in total. The van der Waals surface area contributed by atoms with Crippen LogP contribution in [0.4, 0.5) is 0 Å². The second kappa shape index (κ2) is 6.56. The summed E-state index contributed by atoms with van der Waals surface area (Å²) in [6.07, 6.45) is 6.43. The molecular weight excluding hydrogens is 401 g/mol. The lowest BCUT2D eigenvalue weighted by atomic mass is 9.51. The largest absolute Gasteiger partial charge is 0.242 e. The first kappa shape index (κ1) is 18.4. The fraction of sp³-hybridized carbons (Fsp3) is 0.667. The van der Waals surface area contributed by atoms with Crippen molar-refractivity contribution in [2.75, 3.05) is 0 Å². The van der Waals surface area contributed by atoms with E-state index in [1.165, 1.54) is 44.2 Å². The summed E-state index contributed by atoms with van der Waals surface area (Å²) in [4.78, 5) is -0.000710. The van der Waals surface area contributed by atoms with Gasteiger partial charge in [0.1, 0.15) is 4.90 Å². The summed E-state index contributed by atoms with van der Waals surface area (Å²) in [5.74, 6) is 3.46. The minimum atomic E-state index is -3.74. The Balaban J connectivity index is 1.56. The van der Waals surface area contributed by atoms with Gasteiger partial charge in [0.2, 0.25) is 10.0 Å². The molecule has 0 heterocycles. The van der Waals surface area contributed by atoms with Gasteiger partial charge in [-0.25, -0.2) is 13.1 Å². The number of hydrogen-bond donors (Lipinski definition) is 1. The monoisotopic (exact) mass is 421 g/mol. The van der Waals surface area contributed by atoms with Crippen LogP contribution in [-0.2, 0) is 10.0 Å². The maximum atomic E-state index is 12.9. The maximum absolute atomic E-state index is 12.9. The topological polar surface area (TPSA) is 46.2 Å². The summed E-state index contributed by atoms with van der Waals surface area (Å²) in [6.45, 7) is 2.00. The van der Waals surface area contributed by atoms with Crippen LogP contribution in [0.2, 0.25) is 15.1 Å². The predicted molar refractivity (Wildman–Crippen MR) is 102 cm³/mol. The molecule has 5 rings (SSSR count). The normalized spacial score (nSPS) is 35.1. The molecule has 0 aromatic heterocycles. The molecule has 4 saturated carbocycles. The first-order valence-electron chi connectivity index (χ1n) is 8.91. The molecule has 4 aliphatic carbocycles. The van der Waals surface area contributed by atoms with Crippen molar-refractivity contribution in [3.05, 3.63) is 27.2 Å². The van der Waals surface area contributed by atoms with Crippen molar-refractivity contribution in [2.24, 2.45) is 29.6 Å². The van der Waals surface area contributed by atoms with Gasteiger partial charge in [0.15, 0.2) is 0 Å². The third-order valence-corrected chi connectivity index (χ3v) is 9.23. The lowest BCUT2D eigenvalue weighted by Gasteiger charge is -2.56. The number of hydrogen-bond acceptors (Lipinski definition) is 2. The second-order valence-corrected chi connectivity index (χ2v) is 11.0. The Morgan fingerprint density at radius 3 is 2.00 bits per heavy atom. The molecule has 0 spiro atoms. The molecule has 4 bridgehead atoms. The summed E-state index contributed by atoms with van der Waals surface area (Å²) in [6, 6.07) is 2.61. The zero-order chi connectivity index (χ0) is 17.9. The van der Waals surface area contributed by atoms with Crippen LogP contribution in [0, 0.1) is 29.6 Å². The van der Waals surface area contributed by atoms with E-state index in [0.717, 1.165) is 11.8 Å². The Morgan fingerprint density at radius 2 is 1.44 bits per heavy atom. The van der Waals surface area contributed by atoms with E-state index in [0.29, 0.717) is 17.8 Å². The van der Waals surface area contributed by atoms with Crippen LogP contribution in [0.3, 0.4) is 0 Å². The minimum Gasteiger partial charge on any atom is -0.208 e. The Labute approximate surface area is 164 Å². The van der Waals surface area contributed by atoms with Crippen molar-refractivity contribution in [3.63, 3.8) is 0 Å². The molecule has 1 aromatic carbocycles. The first-order valence-corrected chi connectivity index (χ1v) is 11.5. The average Bonchev–Trinajstić information content (AvgIpc) is 2.49. The summed E-state index contributed by atoms with van der Waals surface area (Å²) >= 11 is 18.0. The van der Waals surface area contributed by atoms with Crippen LogP contribution in [0.25, 0.3) is 0 Å². The van der Waals surface area contributed by atoms with Gasteiger partial charge in [-0.15, -0.1) is 0 Å². The summed E-state index contributed by atoms with van der Waals surface area (Å²) in [5.41, 5.74) is 0. The van der Waals surface area contributed by atoms with Crippen LogP contribution in [0.1, 0.15) is 39.0 Å². The molecule has 0 amide bonds. The van der Waals surface area contributed by atoms with E-state index in [9.17, 15) is 8.42 Å². The van der Waals surface area contributed by atoms with Crippen LogP contribution in [0.15, 0.2) is 17.0 Å². The summed E-state index contributed by atoms with van der Waals surface area (Å²) in [7, 11) is -3.74. The zero-order valence-electron chi connectivity index (χ0n) is 14.0. The van der Waals surface area contributed by atoms with Crippen molar-refractivity contribution in [1.29, 1.82) is 0 Å². The Hall–Kier alpha value is -0.000000000000000111. The van der Waals surface area contributed by atoms with Crippen molar-refractivity contribution in [3.8, 4) is 0 Å². The van der Waals surface area contributed by atoms with E-state index in [-0.39, 0.29) is 26.0 Å². The third-order valence-electron chi connectivity index (χ3n) is 6.48. The maximum Gasteiger partial charge on any atom is 0.242 e. The van der Waals surface area contributed by atoms with Gasteiger partial charge in [-0.3, -0.25) is 0 Å². The minimum absolute atomic E-state index is 0.000710. The number of benzene rings is 1. The quantitative estimate of drug-likeness (QED) is 0.662. The van der Waals surface area contributed by atoms with Crippen molar-refractivity contribution in [1.82, 2.24) is 4.72 Å². The van der Waals surface area contributed by atoms with Crippen LogP contribution in [0.5, 0.6) is 0 Å². The highest BCUT2D eigenvalue weighted by molar-refractivity contribution is 7.89. The highest BCUT2D eigenvalue weighted by atomic mass is 35.5. The van der Waals surface area contributed by atoms with E-state index < -0.39 is 10.0 Å². The summed E-state index contributed by atoms with van der Waals surface area (Å²) in [5, 5.41) is 0.535. The van der Waals surface area contributed by atoms with Crippen LogP contribution < -0.4 is 4.72 Å². The number of nitrogens with one attached hydrogen (secondary N) is 1. The smallest absolute Gasteiger partial charge is 0.208 e. The van der Waals surface area contributed by atoms with E-state index >= 15 is 0 Å². The molecule has 0 aliphatic heterocycles. The van der Waals surface area contributed by atoms with Gasteiger partial charge in [0.25, 0.3) is 0 Å². The van der Waals surface area contributed by atoms with E-state index in [1.54, 1.807) is 0 Å². The molecule has 25 heavy (non-hydrogen) atoms. The van der Waals surface area contributed by atoms with Gasteiger partial charge in [-0.1, -0.05) is 34.8 Å². The number of rotatable bonds is 4. The third kappa shape index (κ3) is 3.34. The molecule has 1 aromatic rings. The van der Waals surface area contributed by atoms with Crippen LogP contribution in [-0.4, -0.2) is 14.5 Å². The average molecular weight is 423 g/mol. The van der Waals surface area contributed by atoms with Crippen molar-refractivity contribution in [2.45, 2.75) is 50.0 Å². The van der Waals surface area contributed by atoms with Gasteiger partial charge >= 0.3 is 0 Å². The standard InChI is InChI=1S/C18H22Cl3NO2S/c1-9(18-12-3-10-2-11(5-12)6-13(18)4-10)22-25(23,24)17-8-15(20)14(19)7-16(17)21/h7-13,18,22H,2-6H2,1H3/t9-,10?,11?,12?,13?,18?/m0/s1. The molecule has 3 nitrogen and oxygen atoms in total. The number of halogens is 3. The van der Waals surface area contributed by atoms with Gasteiger partial charge < -0.3 is 0 Å². The van der Waals surface area contributed by atoms with Crippen molar-refractivity contribution >= 4 is 44.8 Å². The first-order chi connectivity index (χ1) is 11.7. The SMILES string of the molecule is C[C@H](NS(=O)(=O)c1cc(Cl)c(Cl)cc1Cl)C1C2CC3CC(C2)CC1C3. The van der Waals surface area contributed by atoms with E-state index in [2.05, 4.69) is 4.72 Å². The Kier molecular flexibility index (Phi) is 4.82. The fourth-order valence-electron chi connectivity index (χ4n) is 5.88. The summed E-state index contributed by atoms with van der Waals surface area (Å²) < 4.78 is 28.6. The Morgan fingerprint density at radius 1 is 0.920 bits per heavy atom. The lowest BCUT2D eigenvalue weighted by molar-refractivity contribution is -0.0463. The van der Waals surface area contributed by atoms with Gasteiger partial charge in [0.05, 0.1) is 15.1 Å². The molecule has 7 heteroatoms. The van der Waals surface area contributed by atoms with E-state index in [1.807, 2.05) is 6.92 Å². The number of sulfonamides is 1. The predicted octanol–water partition coefficient (Wildman–Crippen LogP) is 5.39. The molecule has 0 radical (unpaired) electrons. The molecule has 0 saturated heterocycles. The van der Waals surface area contributed by atoms with Crippen molar-refractivity contribution < 1.29 is 8.42 Å². The highest BCUT2D eigenvalue weighted by Gasteiger charge is 2.50. The van der Waals surface area contributed by atoms with Crippen LogP contribution >= 0.6 is 34.8 Å². The van der Waals surface area contributed by atoms with Gasteiger partial charge in [-0.05, 0) is 80.8 Å². The van der Waals surface area contributed by atoms with E-state index in [4.69, 9.17) is 34.8 Å². The Bertz CT molecular complexity index is 768. The second-order valence-electron chi connectivity index (χ2n) is 8.11. The molecule has 4 fully saturated rings. The molecule has 1 atom stereocenters. The molecule has 0 unspecified atom stereocenters. The molecular formula is C18H22Cl3NO2S. The lowest BCUT2D eigenvalue weighted by Crippen LogP contribution is -2.52. The van der Waals surface area contributed by atoms with Gasteiger partial charge in [0, 0.05) is 6.04 Å².